The summed E-state index contributed by atoms with van der Waals surface area (Å²) in [7, 11) is 0. The minimum atomic E-state index is -0.822. The van der Waals surface area contributed by atoms with Crippen molar-refractivity contribution in [3.05, 3.63) is 24.3 Å². The normalized spacial score (nSPS) is 17.7. The van der Waals surface area contributed by atoms with Crippen molar-refractivity contribution < 1.29 is 9.90 Å². The van der Waals surface area contributed by atoms with E-state index >= 15 is 0 Å². The molecule has 18 heavy (non-hydrogen) atoms. The molecule has 4 heteroatoms. The number of carboxylic acid groups (broad SMARTS) is 1. The molecule has 1 aliphatic rings. The lowest BCUT2D eigenvalue weighted by atomic mass is 9.95. The van der Waals surface area contributed by atoms with E-state index in [1.54, 1.807) is 0 Å². The SMILES string of the molecule is CC1=Nc2ccccc2N(CC(=O)O)C(C)(C)C1. The highest BCUT2D eigenvalue weighted by molar-refractivity contribution is 5.91. The van der Waals surface area contributed by atoms with Crippen molar-refractivity contribution in [2.75, 3.05) is 11.4 Å². The Hall–Kier alpha value is -1.84. The van der Waals surface area contributed by atoms with Gasteiger partial charge in [-0.15, -0.1) is 0 Å². The minimum absolute atomic E-state index is 0.00713. The summed E-state index contributed by atoms with van der Waals surface area (Å²) in [5.74, 6) is -0.822. The molecule has 0 atom stereocenters. The van der Waals surface area contributed by atoms with E-state index in [0.717, 1.165) is 23.5 Å². The number of carboxylic acids is 1. The Morgan fingerprint density at radius 1 is 1.44 bits per heavy atom. The lowest BCUT2D eigenvalue weighted by Crippen LogP contribution is -2.47. The molecule has 1 aromatic carbocycles. The lowest BCUT2D eigenvalue weighted by Gasteiger charge is -2.38. The Labute approximate surface area is 107 Å². The zero-order valence-corrected chi connectivity index (χ0v) is 11.0. The third-order valence-corrected chi connectivity index (χ3v) is 3.20. The molecule has 96 valence electrons. The minimum Gasteiger partial charge on any atom is -0.480 e. The number of benzene rings is 1. The van der Waals surface area contributed by atoms with Gasteiger partial charge in [-0.05, 0) is 32.9 Å². The van der Waals surface area contributed by atoms with E-state index in [0.29, 0.717) is 0 Å². The monoisotopic (exact) mass is 246 g/mol. The van der Waals surface area contributed by atoms with E-state index in [-0.39, 0.29) is 12.1 Å². The Balaban J connectivity index is 2.54. The van der Waals surface area contributed by atoms with E-state index in [2.05, 4.69) is 18.8 Å². The predicted octanol–water partition coefficient (Wildman–Crippen LogP) is 2.85. The number of anilines is 1. The first-order valence-electron chi connectivity index (χ1n) is 6.03. The summed E-state index contributed by atoms with van der Waals surface area (Å²) in [5.41, 5.74) is 2.52. The number of fused-ring (bicyclic) bond motifs is 1. The van der Waals surface area contributed by atoms with E-state index in [4.69, 9.17) is 5.11 Å². The van der Waals surface area contributed by atoms with Gasteiger partial charge in [0.2, 0.25) is 0 Å². The standard InChI is InChI=1S/C14H18N2O2/c1-10-8-14(2,3)16(9-13(17)18)12-7-5-4-6-11(12)15-10/h4-7H,8-9H2,1-3H3,(H,17,18). The predicted molar refractivity (Wildman–Crippen MR) is 72.9 cm³/mol. The van der Waals surface area contributed by atoms with Crippen LogP contribution in [0.1, 0.15) is 27.2 Å². The molecule has 4 nitrogen and oxygen atoms in total. The topological polar surface area (TPSA) is 52.9 Å². The van der Waals surface area contributed by atoms with Crippen LogP contribution in [-0.2, 0) is 4.79 Å². The van der Waals surface area contributed by atoms with Crippen LogP contribution < -0.4 is 4.90 Å². The van der Waals surface area contributed by atoms with Gasteiger partial charge < -0.3 is 10.0 Å². The van der Waals surface area contributed by atoms with Crippen molar-refractivity contribution in [1.82, 2.24) is 0 Å². The first-order valence-corrected chi connectivity index (χ1v) is 6.03. The van der Waals surface area contributed by atoms with Crippen LogP contribution in [0.5, 0.6) is 0 Å². The highest BCUT2D eigenvalue weighted by Gasteiger charge is 2.32. The van der Waals surface area contributed by atoms with E-state index in [1.807, 2.05) is 36.1 Å². The second-order valence-electron chi connectivity index (χ2n) is 5.30. The molecule has 0 saturated heterocycles. The fraction of sp³-hybridized carbons (Fsp3) is 0.429. The Kier molecular flexibility index (Phi) is 3.11. The summed E-state index contributed by atoms with van der Waals surface area (Å²) in [6, 6.07) is 7.70. The molecule has 0 unspecified atom stereocenters. The molecule has 0 radical (unpaired) electrons. The molecule has 0 aromatic heterocycles. The van der Waals surface area contributed by atoms with Crippen molar-refractivity contribution in [2.24, 2.45) is 4.99 Å². The third-order valence-electron chi connectivity index (χ3n) is 3.20. The van der Waals surface area contributed by atoms with Crippen LogP contribution in [0.3, 0.4) is 0 Å². The summed E-state index contributed by atoms with van der Waals surface area (Å²) in [5, 5.41) is 9.10. The first kappa shape index (κ1) is 12.6. The maximum absolute atomic E-state index is 11.1. The molecular formula is C14H18N2O2. The quantitative estimate of drug-likeness (QED) is 0.873. The Bertz CT molecular complexity index is 506. The van der Waals surface area contributed by atoms with Crippen molar-refractivity contribution in [2.45, 2.75) is 32.7 Å². The van der Waals surface area contributed by atoms with E-state index in [1.165, 1.54) is 0 Å². The summed E-state index contributed by atoms with van der Waals surface area (Å²) in [6.07, 6.45) is 0.759. The average Bonchev–Trinajstić information content (AvgIpc) is 2.33. The van der Waals surface area contributed by atoms with Gasteiger partial charge in [-0.2, -0.15) is 0 Å². The zero-order chi connectivity index (χ0) is 13.3. The van der Waals surface area contributed by atoms with Gasteiger partial charge in [-0.3, -0.25) is 9.79 Å². The number of hydrogen-bond donors (Lipinski definition) is 1. The number of para-hydroxylation sites is 2. The van der Waals surface area contributed by atoms with Gasteiger partial charge in [0.1, 0.15) is 6.54 Å². The lowest BCUT2D eigenvalue weighted by molar-refractivity contribution is -0.135. The first-order chi connectivity index (χ1) is 8.40. The summed E-state index contributed by atoms with van der Waals surface area (Å²) in [4.78, 5) is 17.6. The summed E-state index contributed by atoms with van der Waals surface area (Å²) < 4.78 is 0. The number of hydrogen-bond acceptors (Lipinski definition) is 3. The number of nitrogens with zero attached hydrogens (tertiary/aromatic N) is 2. The summed E-state index contributed by atoms with van der Waals surface area (Å²) in [6.45, 7) is 6.09. The molecule has 0 amide bonds. The number of carbonyl (C=O) groups is 1. The van der Waals surface area contributed by atoms with E-state index < -0.39 is 5.97 Å². The molecule has 1 aliphatic heterocycles. The van der Waals surface area contributed by atoms with Crippen molar-refractivity contribution >= 4 is 23.1 Å². The van der Waals surface area contributed by atoms with Gasteiger partial charge in [0, 0.05) is 17.7 Å². The average molecular weight is 246 g/mol. The molecule has 1 heterocycles. The van der Waals surface area contributed by atoms with Gasteiger partial charge in [0.15, 0.2) is 0 Å². The molecule has 1 N–H and O–H groups in total. The molecule has 0 saturated carbocycles. The van der Waals surface area contributed by atoms with Gasteiger partial charge in [-0.1, -0.05) is 12.1 Å². The van der Waals surface area contributed by atoms with Crippen LogP contribution in [0, 0.1) is 0 Å². The molecule has 2 rings (SSSR count). The van der Waals surface area contributed by atoms with Crippen molar-refractivity contribution in [3.8, 4) is 0 Å². The second-order valence-corrected chi connectivity index (χ2v) is 5.30. The number of aliphatic carboxylic acids is 1. The van der Waals surface area contributed by atoms with Crippen LogP contribution in [0.25, 0.3) is 0 Å². The molecule has 1 aromatic rings. The fourth-order valence-electron chi connectivity index (χ4n) is 2.51. The second kappa shape index (κ2) is 4.44. The summed E-state index contributed by atoms with van der Waals surface area (Å²) >= 11 is 0. The fourth-order valence-corrected chi connectivity index (χ4v) is 2.51. The van der Waals surface area contributed by atoms with E-state index in [9.17, 15) is 4.79 Å². The molecule has 0 spiro atoms. The molecular weight excluding hydrogens is 228 g/mol. The maximum atomic E-state index is 11.1. The van der Waals surface area contributed by atoms with Gasteiger partial charge in [-0.25, -0.2) is 0 Å². The molecule has 0 fully saturated rings. The van der Waals surface area contributed by atoms with Crippen LogP contribution in [-0.4, -0.2) is 28.9 Å². The smallest absolute Gasteiger partial charge is 0.323 e. The van der Waals surface area contributed by atoms with Crippen molar-refractivity contribution in [1.29, 1.82) is 0 Å². The van der Waals surface area contributed by atoms with Crippen LogP contribution in [0.2, 0.25) is 0 Å². The zero-order valence-electron chi connectivity index (χ0n) is 11.0. The number of aliphatic imine (C=N–C) groups is 1. The molecule has 0 aliphatic carbocycles. The van der Waals surface area contributed by atoms with Crippen LogP contribution in [0.15, 0.2) is 29.3 Å². The van der Waals surface area contributed by atoms with Crippen LogP contribution in [0.4, 0.5) is 11.4 Å². The molecule has 0 bridgehead atoms. The van der Waals surface area contributed by atoms with Crippen molar-refractivity contribution in [3.63, 3.8) is 0 Å². The van der Waals surface area contributed by atoms with Gasteiger partial charge in [0.05, 0.1) is 11.4 Å². The number of rotatable bonds is 2. The van der Waals surface area contributed by atoms with Crippen LogP contribution >= 0.6 is 0 Å². The highest BCUT2D eigenvalue weighted by Crippen LogP contribution is 2.37. The Morgan fingerprint density at radius 3 is 2.78 bits per heavy atom. The van der Waals surface area contributed by atoms with Gasteiger partial charge in [0.25, 0.3) is 0 Å². The highest BCUT2D eigenvalue weighted by atomic mass is 16.4. The maximum Gasteiger partial charge on any atom is 0.323 e. The Morgan fingerprint density at radius 2 is 2.11 bits per heavy atom. The van der Waals surface area contributed by atoms with Gasteiger partial charge >= 0.3 is 5.97 Å². The third kappa shape index (κ3) is 2.37. The largest absolute Gasteiger partial charge is 0.480 e.